The number of rotatable bonds is 5. The number of benzene rings is 1. The van der Waals surface area contributed by atoms with Crippen LogP contribution in [0.4, 0.5) is 4.39 Å². The van der Waals surface area contributed by atoms with E-state index in [-0.39, 0.29) is 16.9 Å². The molecule has 2 rings (SSSR count). The first-order valence-corrected chi connectivity index (χ1v) is 6.67. The summed E-state index contributed by atoms with van der Waals surface area (Å²) in [4.78, 5) is 0. The number of nitrogens with zero attached hydrogens (tertiary/aromatic N) is 2. The Hall–Kier alpha value is -1.39. The number of hydrogen-bond acceptors (Lipinski definition) is 2. The van der Waals surface area contributed by atoms with E-state index in [0.29, 0.717) is 18.4 Å². The second kappa shape index (κ2) is 6.17. The predicted octanol–water partition coefficient (Wildman–Crippen LogP) is 2.81. The van der Waals surface area contributed by atoms with E-state index in [2.05, 4.69) is 5.10 Å². The van der Waals surface area contributed by atoms with Gasteiger partial charge in [0, 0.05) is 18.8 Å². The van der Waals surface area contributed by atoms with Crippen molar-refractivity contribution in [3.8, 4) is 0 Å². The predicted molar refractivity (Wildman–Crippen MR) is 74.7 cm³/mol. The zero-order valence-electron chi connectivity index (χ0n) is 10.8. The molecule has 1 aromatic carbocycles. The molecular weight excluding hydrogens is 265 g/mol. The summed E-state index contributed by atoms with van der Waals surface area (Å²) in [5, 5.41) is 4.33. The molecule has 0 aliphatic rings. The first kappa shape index (κ1) is 14.0. The van der Waals surface area contributed by atoms with Crippen molar-refractivity contribution in [2.45, 2.75) is 32.4 Å². The van der Waals surface area contributed by atoms with Gasteiger partial charge in [0.25, 0.3) is 0 Å². The molecule has 3 nitrogen and oxygen atoms in total. The third-order valence-electron chi connectivity index (χ3n) is 3.02. The van der Waals surface area contributed by atoms with Gasteiger partial charge in [-0.2, -0.15) is 5.10 Å². The van der Waals surface area contributed by atoms with Gasteiger partial charge in [0.05, 0.1) is 11.2 Å². The molecule has 0 aliphatic heterocycles. The minimum Gasteiger partial charge on any atom is -0.327 e. The molecule has 2 aromatic rings. The van der Waals surface area contributed by atoms with Gasteiger partial charge in [-0.1, -0.05) is 23.7 Å². The molecule has 19 heavy (non-hydrogen) atoms. The summed E-state index contributed by atoms with van der Waals surface area (Å²) in [6.45, 7) is 2.86. The Morgan fingerprint density at radius 1 is 1.42 bits per heavy atom. The van der Waals surface area contributed by atoms with E-state index in [9.17, 15) is 4.39 Å². The van der Waals surface area contributed by atoms with E-state index in [1.54, 1.807) is 18.3 Å². The topological polar surface area (TPSA) is 43.8 Å². The average molecular weight is 282 g/mol. The molecule has 0 fully saturated rings. The fourth-order valence-corrected chi connectivity index (χ4v) is 2.24. The van der Waals surface area contributed by atoms with E-state index < -0.39 is 0 Å². The molecular formula is C14H17ClFN3. The number of halogens is 2. The normalized spacial score (nSPS) is 12.6. The monoisotopic (exact) mass is 281 g/mol. The maximum atomic E-state index is 13.8. The lowest BCUT2D eigenvalue weighted by Crippen LogP contribution is -2.25. The summed E-state index contributed by atoms with van der Waals surface area (Å²) in [6, 6.07) is 4.85. The summed E-state index contributed by atoms with van der Waals surface area (Å²) in [5.74, 6) is -0.371. The van der Waals surface area contributed by atoms with Crippen LogP contribution < -0.4 is 5.73 Å². The van der Waals surface area contributed by atoms with Crippen LogP contribution >= 0.6 is 11.6 Å². The number of nitrogens with two attached hydrogens (primary N) is 1. The third-order valence-corrected chi connectivity index (χ3v) is 3.31. The van der Waals surface area contributed by atoms with Crippen molar-refractivity contribution in [1.29, 1.82) is 0 Å². The number of aromatic nitrogens is 2. The van der Waals surface area contributed by atoms with Crippen molar-refractivity contribution in [2.75, 3.05) is 0 Å². The Kier molecular flexibility index (Phi) is 4.56. The molecule has 0 radical (unpaired) electrons. The van der Waals surface area contributed by atoms with Crippen LogP contribution in [0.1, 0.15) is 18.1 Å². The van der Waals surface area contributed by atoms with Gasteiger partial charge in [-0.05, 0) is 37.0 Å². The van der Waals surface area contributed by atoms with E-state index in [4.69, 9.17) is 17.3 Å². The molecule has 5 heteroatoms. The van der Waals surface area contributed by atoms with Crippen LogP contribution in [0.3, 0.4) is 0 Å². The minimum absolute atomic E-state index is 0.142. The van der Waals surface area contributed by atoms with E-state index in [1.165, 1.54) is 6.07 Å². The molecule has 1 atom stereocenters. The van der Waals surface area contributed by atoms with Crippen LogP contribution in [0.5, 0.6) is 0 Å². The largest absolute Gasteiger partial charge is 0.327 e. The second-order valence-electron chi connectivity index (χ2n) is 4.59. The van der Waals surface area contributed by atoms with E-state index in [0.717, 1.165) is 12.1 Å². The van der Waals surface area contributed by atoms with Crippen molar-refractivity contribution < 1.29 is 4.39 Å². The molecule has 2 N–H and O–H groups in total. The highest BCUT2D eigenvalue weighted by Gasteiger charge is 2.12. The molecule has 0 amide bonds. The highest BCUT2D eigenvalue weighted by molar-refractivity contribution is 6.30. The van der Waals surface area contributed by atoms with Crippen molar-refractivity contribution in [2.24, 2.45) is 5.73 Å². The average Bonchev–Trinajstić information content (AvgIpc) is 2.82. The molecule has 0 saturated heterocycles. The molecule has 0 aliphatic carbocycles. The van der Waals surface area contributed by atoms with Crippen molar-refractivity contribution >= 4 is 11.6 Å². The van der Waals surface area contributed by atoms with Crippen LogP contribution in [0.15, 0.2) is 30.6 Å². The van der Waals surface area contributed by atoms with Crippen molar-refractivity contribution in [3.63, 3.8) is 0 Å². The lowest BCUT2D eigenvalue weighted by molar-refractivity contribution is 0.584. The quantitative estimate of drug-likeness (QED) is 0.916. The number of hydrogen-bond donors (Lipinski definition) is 1. The molecule has 0 saturated carbocycles. The van der Waals surface area contributed by atoms with Crippen LogP contribution in [0.25, 0.3) is 0 Å². The van der Waals surface area contributed by atoms with Gasteiger partial charge in [0.2, 0.25) is 0 Å². The lowest BCUT2D eigenvalue weighted by Gasteiger charge is -2.11. The molecule has 1 unspecified atom stereocenters. The maximum Gasteiger partial charge on any atom is 0.145 e. The van der Waals surface area contributed by atoms with E-state index >= 15 is 0 Å². The van der Waals surface area contributed by atoms with Gasteiger partial charge >= 0.3 is 0 Å². The minimum atomic E-state index is -0.371. The zero-order valence-corrected chi connectivity index (χ0v) is 11.6. The lowest BCUT2D eigenvalue weighted by atomic mass is 10.0. The first-order valence-electron chi connectivity index (χ1n) is 6.30. The highest BCUT2D eigenvalue weighted by Crippen LogP contribution is 2.19. The van der Waals surface area contributed by atoms with Crippen molar-refractivity contribution in [1.82, 2.24) is 9.78 Å². The SMILES string of the molecule is CCn1cc(CC(N)Cc2cccc(Cl)c2F)cn1. The molecule has 1 heterocycles. The van der Waals surface area contributed by atoms with E-state index in [1.807, 2.05) is 17.8 Å². The smallest absolute Gasteiger partial charge is 0.145 e. The maximum absolute atomic E-state index is 13.8. The first-order chi connectivity index (χ1) is 9.10. The summed E-state index contributed by atoms with van der Waals surface area (Å²) in [6.07, 6.45) is 4.90. The van der Waals surface area contributed by atoms with Crippen LogP contribution in [0.2, 0.25) is 5.02 Å². The summed E-state index contributed by atoms with van der Waals surface area (Å²) in [5.41, 5.74) is 7.69. The van der Waals surface area contributed by atoms with Crippen LogP contribution in [0, 0.1) is 5.82 Å². The zero-order chi connectivity index (χ0) is 13.8. The van der Waals surface area contributed by atoms with Crippen LogP contribution in [-0.2, 0) is 19.4 Å². The van der Waals surface area contributed by atoms with Gasteiger partial charge in [-0.3, -0.25) is 4.68 Å². The molecule has 0 bridgehead atoms. The Balaban J connectivity index is 2.01. The fraction of sp³-hybridized carbons (Fsp3) is 0.357. The van der Waals surface area contributed by atoms with Gasteiger partial charge in [-0.15, -0.1) is 0 Å². The Morgan fingerprint density at radius 3 is 2.89 bits per heavy atom. The fourth-order valence-electron chi connectivity index (χ4n) is 2.05. The Bertz CT molecular complexity index is 553. The number of aryl methyl sites for hydroxylation is 1. The Labute approximate surface area is 117 Å². The van der Waals surface area contributed by atoms with Crippen molar-refractivity contribution in [3.05, 3.63) is 52.6 Å². The standard InChI is InChI=1S/C14H17ClFN3/c1-2-19-9-10(8-18-19)6-12(17)7-11-4-3-5-13(15)14(11)16/h3-5,8-9,12H,2,6-7,17H2,1H3. The third kappa shape index (κ3) is 3.55. The summed E-state index contributed by atoms with van der Waals surface area (Å²) >= 11 is 5.75. The summed E-state index contributed by atoms with van der Waals surface area (Å²) < 4.78 is 15.6. The van der Waals surface area contributed by atoms with Gasteiger partial charge in [0.15, 0.2) is 0 Å². The molecule has 0 spiro atoms. The van der Waals surface area contributed by atoms with Gasteiger partial charge < -0.3 is 5.73 Å². The second-order valence-corrected chi connectivity index (χ2v) is 4.99. The molecule has 1 aromatic heterocycles. The Morgan fingerprint density at radius 2 is 2.21 bits per heavy atom. The summed E-state index contributed by atoms with van der Waals surface area (Å²) in [7, 11) is 0. The van der Waals surface area contributed by atoms with Gasteiger partial charge in [0.1, 0.15) is 5.82 Å². The highest BCUT2D eigenvalue weighted by atomic mass is 35.5. The van der Waals surface area contributed by atoms with Crippen LogP contribution in [-0.4, -0.2) is 15.8 Å². The molecule has 102 valence electrons. The van der Waals surface area contributed by atoms with Gasteiger partial charge in [-0.25, -0.2) is 4.39 Å².